The molecule has 0 aliphatic carbocycles. The van der Waals surface area contributed by atoms with E-state index in [0.717, 1.165) is 22.5 Å². The minimum absolute atomic E-state index is 0.0253. The van der Waals surface area contributed by atoms with Gasteiger partial charge >= 0.3 is 24.2 Å². The largest absolute Gasteiger partial charge is 0.480 e. The number of hydrogen-bond donors (Lipinski definition) is 5. The van der Waals surface area contributed by atoms with Crippen molar-refractivity contribution in [3.63, 3.8) is 0 Å². The molecule has 0 radical (unpaired) electrons. The van der Waals surface area contributed by atoms with E-state index in [1.807, 2.05) is 24.3 Å². The molecule has 2 amide bonds. The number of pyridine rings is 1. The lowest BCUT2D eigenvalue weighted by Crippen LogP contribution is -2.49. The Hall–Kier alpha value is -6.16. The summed E-state index contributed by atoms with van der Waals surface area (Å²) in [6.07, 6.45) is -5.10. The second-order valence-electron chi connectivity index (χ2n) is 12.2. The molecule has 1 aliphatic heterocycles. The topological polar surface area (TPSA) is 197 Å². The molecule has 0 spiro atoms. The van der Waals surface area contributed by atoms with Gasteiger partial charge < -0.3 is 35.6 Å². The highest BCUT2D eigenvalue weighted by molar-refractivity contribution is 5.95. The lowest BCUT2D eigenvalue weighted by molar-refractivity contribution is -0.147. The Bertz CT molecular complexity index is 2230. The summed E-state index contributed by atoms with van der Waals surface area (Å²) < 4.78 is 51.3. The maximum absolute atomic E-state index is 13.6. The molecule has 1 fully saturated rings. The molecule has 0 bridgehead atoms. The number of para-hydroxylation sites is 1. The van der Waals surface area contributed by atoms with E-state index in [2.05, 4.69) is 15.3 Å². The third-order valence-electron chi connectivity index (χ3n) is 8.67. The van der Waals surface area contributed by atoms with E-state index in [4.69, 9.17) is 15.2 Å². The smallest absolute Gasteiger partial charge is 0.417 e. The molecule has 1 aliphatic rings. The minimum Gasteiger partial charge on any atom is -0.480 e. The standard InChI is InChI=1S/C36H32F3N5O8/c37-36(38,39)26-7-3-1-6-24(26)30-14-19-9-10-21(15-25(19)32(46)43-30)44-17-22(52-35(44)50)18-51-31(45)12-11-29(34(48)49)42-33(47)27(40)13-20-16-41-28-8-4-2-5-23(20)28/h1-10,14-16,22,27,29,41H,11-13,17-18,40H2,(H,42,47)(H,43,46)(H,48,49). The summed E-state index contributed by atoms with van der Waals surface area (Å²) in [7, 11) is 0. The van der Waals surface area contributed by atoms with E-state index in [9.17, 15) is 42.3 Å². The van der Waals surface area contributed by atoms with Crippen LogP contribution in [0.15, 0.2) is 83.8 Å². The zero-order valence-corrected chi connectivity index (χ0v) is 27.2. The number of anilines is 1. The van der Waals surface area contributed by atoms with E-state index >= 15 is 0 Å². The van der Waals surface area contributed by atoms with Crippen LogP contribution in [0.3, 0.4) is 0 Å². The van der Waals surface area contributed by atoms with Crippen molar-refractivity contribution in [3.8, 4) is 11.3 Å². The predicted molar refractivity (Wildman–Crippen MR) is 182 cm³/mol. The van der Waals surface area contributed by atoms with Crippen molar-refractivity contribution in [1.29, 1.82) is 0 Å². The third kappa shape index (κ3) is 7.76. The average Bonchev–Trinajstić information content (AvgIpc) is 3.70. The molecule has 3 heterocycles. The number of nitrogens with one attached hydrogen (secondary N) is 3. The number of H-pyrrole nitrogens is 2. The van der Waals surface area contributed by atoms with Crippen molar-refractivity contribution in [3.05, 3.63) is 100 Å². The normalized spacial score (nSPS) is 15.7. The first-order valence-corrected chi connectivity index (χ1v) is 16.1. The number of hydrogen-bond acceptors (Lipinski definition) is 8. The SMILES string of the molecule is NC(Cc1c[nH]c2ccccc12)C(=O)NC(CCC(=O)OCC1CN(c2ccc3cc(-c4ccccc4C(F)(F)F)[nH]c(=O)c3c2)C(=O)O1)C(=O)O. The number of aliphatic carboxylic acids is 1. The molecule has 1 saturated heterocycles. The van der Waals surface area contributed by atoms with Crippen LogP contribution in [0, 0.1) is 0 Å². The number of halogens is 3. The van der Waals surface area contributed by atoms with Gasteiger partial charge in [-0.2, -0.15) is 13.2 Å². The Morgan fingerprint density at radius 3 is 2.56 bits per heavy atom. The van der Waals surface area contributed by atoms with Crippen LogP contribution in [0.25, 0.3) is 32.9 Å². The number of fused-ring (bicyclic) bond motifs is 2. The molecular weight excluding hydrogens is 687 g/mol. The van der Waals surface area contributed by atoms with Crippen LogP contribution in [0.2, 0.25) is 0 Å². The number of carboxylic acids is 1. The van der Waals surface area contributed by atoms with Crippen LogP contribution in [0.5, 0.6) is 0 Å². The molecule has 0 saturated carbocycles. The number of esters is 1. The maximum atomic E-state index is 13.6. The third-order valence-corrected chi connectivity index (χ3v) is 8.67. The van der Waals surface area contributed by atoms with Crippen LogP contribution in [0.4, 0.5) is 23.7 Å². The van der Waals surface area contributed by atoms with Gasteiger partial charge in [-0.25, -0.2) is 9.59 Å². The number of rotatable bonds is 12. The number of alkyl halides is 3. The highest BCUT2D eigenvalue weighted by Crippen LogP contribution is 2.37. The average molecular weight is 720 g/mol. The first kappa shape index (κ1) is 35.7. The number of carboxylic acid groups (broad SMARTS) is 1. The van der Waals surface area contributed by atoms with Crippen molar-refractivity contribution in [2.45, 2.75) is 43.6 Å². The van der Waals surface area contributed by atoms with Gasteiger partial charge in [-0.15, -0.1) is 0 Å². The van der Waals surface area contributed by atoms with Crippen LogP contribution < -0.4 is 21.5 Å². The van der Waals surface area contributed by atoms with Gasteiger partial charge in [0, 0.05) is 45.9 Å². The molecule has 3 unspecified atom stereocenters. The minimum atomic E-state index is -4.64. The first-order chi connectivity index (χ1) is 24.8. The van der Waals surface area contributed by atoms with Gasteiger partial charge in [0.2, 0.25) is 5.91 Å². The Morgan fingerprint density at radius 2 is 1.79 bits per heavy atom. The van der Waals surface area contributed by atoms with Crippen LogP contribution >= 0.6 is 0 Å². The number of amides is 2. The monoisotopic (exact) mass is 719 g/mol. The quantitative estimate of drug-likeness (QED) is 0.116. The molecule has 5 aromatic rings. The number of nitrogens with two attached hydrogens (primary N) is 1. The lowest BCUT2D eigenvalue weighted by atomic mass is 10.0. The summed E-state index contributed by atoms with van der Waals surface area (Å²) in [6.45, 7) is -0.411. The zero-order chi connectivity index (χ0) is 37.2. The summed E-state index contributed by atoms with van der Waals surface area (Å²) in [5, 5.41) is 13.3. The fourth-order valence-electron chi connectivity index (χ4n) is 6.03. The van der Waals surface area contributed by atoms with Crippen molar-refractivity contribution in [2.24, 2.45) is 5.73 Å². The fourth-order valence-corrected chi connectivity index (χ4v) is 6.03. The molecule has 6 N–H and O–H groups in total. The molecular formula is C36H32F3N5O8. The number of benzene rings is 3. The zero-order valence-electron chi connectivity index (χ0n) is 27.2. The first-order valence-electron chi connectivity index (χ1n) is 16.1. The van der Waals surface area contributed by atoms with Crippen molar-refractivity contribution >= 4 is 51.3 Å². The van der Waals surface area contributed by atoms with Gasteiger partial charge in [-0.1, -0.05) is 42.5 Å². The Balaban J connectivity index is 1.02. The lowest BCUT2D eigenvalue weighted by Gasteiger charge is -2.18. The van der Waals surface area contributed by atoms with Crippen LogP contribution in [0.1, 0.15) is 24.0 Å². The molecule has 13 nitrogen and oxygen atoms in total. The van der Waals surface area contributed by atoms with Crippen LogP contribution in [-0.4, -0.2) is 70.4 Å². The molecule has 3 aromatic carbocycles. The van der Waals surface area contributed by atoms with Gasteiger partial charge in [0.1, 0.15) is 12.6 Å². The van der Waals surface area contributed by atoms with E-state index in [-0.39, 0.29) is 54.7 Å². The second kappa shape index (κ2) is 14.6. The Kier molecular flexibility index (Phi) is 10.0. The highest BCUT2D eigenvalue weighted by atomic mass is 19.4. The number of ether oxygens (including phenoxy) is 2. The van der Waals surface area contributed by atoms with Gasteiger partial charge in [-0.3, -0.25) is 19.3 Å². The number of carbonyl (C=O) groups excluding carboxylic acids is 3. The van der Waals surface area contributed by atoms with Crippen LogP contribution in [-0.2, 0) is 36.5 Å². The molecule has 16 heteroatoms. The number of cyclic esters (lactones) is 1. The van der Waals surface area contributed by atoms with Gasteiger partial charge in [0.05, 0.1) is 18.2 Å². The van der Waals surface area contributed by atoms with Gasteiger partial charge in [-0.05, 0) is 54.1 Å². The molecule has 52 heavy (non-hydrogen) atoms. The van der Waals surface area contributed by atoms with Crippen molar-refractivity contribution in [1.82, 2.24) is 15.3 Å². The maximum Gasteiger partial charge on any atom is 0.417 e. The van der Waals surface area contributed by atoms with E-state index in [1.165, 1.54) is 47.4 Å². The van der Waals surface area contributed by atoms with Crippen molar-refractivity contribution < 1.29 is 46.9 Å². The summed E-state index contributed by atoms with van der Waals surface area (Å²) >= 11 is 0. The van der Waals surface area contributed by atoms with E-state index < -0.39 is 59.4 Å². The van der Waals surface area contributed by atoms with E-state index in [1.54, 1.807) is 6.20 Å². The fraction of sp³-hybridized carbons (Fsp3) is 0.250. The summed E-state index contributed by atoms with van der Waals surface area (Å²) in [5.74, 6) is -2.86. The van der Waals surface area contributed by atoms with E-state index in [0.29, 0.717) is 5.39 Å². The second-order valence-corrected chi connectivity index (χ2v) is 12.2. The van der Waals surface area contributed by atoms with Gasteiger partial charge in [0.15, 0.2) is 6.10 Å². The number of aromatic nitrogens is 2. The Labute approximate surface area is 292 Å². The highest BCUT2D eigenvalue weighted by Gasteiger charge is 2.35. The summed E-state index contributed by atoms with van der Waals surface area (Å²) in [5.41, 5.74) is 6.19. The summed E-state index contributed by atoms with van der Waals surface area (Å²) in [4.78, 5) is 69.5. The number of aromatic amines is 2. The van der Waals surface area contributed by atoms with Gasteiger partial charge in [0.25, 0.3) is 5.56 Å². The number of carbonyl (C=O) groups is 4. The summed E-state index contributed by atoms with van der Waals surface area (Å²) in [6, 6.07) is 15.7. The predicted octanol–water partition coefficient (Wildman–Crippen LogP) is 4.48. The molecule has 2 aromatic heterocycles. The molecule has 270 valence electrons. The molecule has 3 atom stereocenters. The molecule has 6 rings (SSSR count). The Morgan fingerprint density at radius 1 is 1.04 bits per heavy atom. The van der Waals surface area contributed by atoms with Crippen molar-refractivity contribution in [2.75, 3.05) is 18.1 Å². The number of nitrogens with zero attached hydrogens (tertiary/aromatic N) is 1.